The molecule has 2 aromatic carbocycles. The minimum Gasteiger partial charge on any atom is -0.351 e. The Morgan fingerprint density at radius 3 is 2.94 bits per heavy atom. The lowest BCUT2D eigenvalue weighted by atomic mass is 10.1. The number of hydrogen-bond acceptors (Lipinski definition) is 1. The number of aromatic amines is 2. The van der Waals surface area contributed by atoms with Crippen LogP contribution in [0.15, 0.2) is 48.9 Å². The van der Waals surface area contributed by atoms with Gasteiger partial charge in [-0.3, -0.25) is 0 Å². The van der Waals surface area contributed by atoms with Gasteiger partial charge < -0.3 is 4.98 Å². The number of hydrogen-bond donors (Lipinski definition) is 1. The molecule has 0 aliphatic carbocycles. The molecule has 0 atom stereocenters. The average molecular weight is 220 g/mol. The first-order valence-corrected chi connectivity index (χ1v) is 5.59. The van der Waals surface area contributed by atoms with Gasteiger partial charge in [0.2, 0.25) is 5.52 Å². The predicted molar refractivity (Wildman–Crippen MR) is 67.7 cm³/mol. The van der Waals surface area contributed by atoms with Gasteiger partial charge in [-0.05, 0) is 17.1 Å². The van der Waals surface area contributed by atoms with Crippen molar-refractivity contribution in [2.24, 2.45) is 0 Å². The highest BCUT2D eigenvalue weighted by Crippen LogP contribution is 2.29. The summed E-state index contributed by atoms with van der Waals surface area (Å²) in [7, 11) is 0. The number of aromatic nitrogens is 3. The third-order valence-electron chi connectivity index (χ3n) is 3.19. The molecule has 0 saturated carbocycles. The molecule has 2 N–H and O–H groups in total. The Labute approximate surface area is 97.1 Å². The van der Waals surface area contributed by atoms with Crippen LogP contribution in [0.1, 0.15) is 0 Å². The number of para-hydroxylation sites is 1. The van der Waals surface area contributed by atoms with Crippen LogP contribution >= 0.6 is 0 Å². The molecular weight excluding hydrogens is 210 g/mol. The summed E-state index contributed by atoms with van der Waals surface area (Å²) in [4.78, 5) is 10.9. The number of fused-ring (bicyclic) bond motifs is 5. The van der Waals surface area contributed by atoms with Gasteiger partial charge in [0.25, 0.3) is 6.33 Å². The van der Waals surface area contributed by atoms with Gasteiger partial charge in [0.05, 0.1) is 17.1 Å². The van der Waals surface area contributed by atoms with Crippen molar-refractivity contribution in [1.29, 1.82) is 0 Å². The smallest absolute Gasteiger partial charge is 0.284 e. The molecule has 0 unspecified atom stereocenters. The van der Waals surface area contributed by atoms with Crippen LogP contribution in [0.5, 0.6) is 0 Å². The second kappa shape index (κ2) is 3.04. The number of nitrogens with zero attached hydrogens (tertiary/aromatic N) is 1. The van der Waals surface area contributed by atoms with E-state index < -0.39 is 0 Å². The maximum absolute atomic E-state index is 4.42. The summed E-state index contributed by atoms with van der Waals surface area (Å²) < 4.78 is 0. The van der Waals surface area contributed by atoms with Crippen LogP contribution < -0.4 is 4.98 Å². The zero-order chi connectivity index (χ0) is 11.2. The van der Waals surface area contributed by atoms with E-state index in [0.717, 1.165) is 21.9 Å². The van der Waals surface area contributed by atoms with E-state index >= 15 is 0 Å². The third kappa shape index (κ3) is 1.11. The molecule has 0 amide bonds. The molecule has 0 aliphatic heterocycles. The molecule has 0 spiro atoms. The number of rotatable bonds is 0. The van der Waals surface area contributed by atoms with Gasteiger partial charge in [-0.1, -0.05) is 24.3 Å². The normalized spacial score (nSPS) is 11.5. The van der Waals surface area contributed by atoms with Crippen molar-refractivity contribution in [3.63, 3.8) is 0 Å². The minimum absolute atomic E-state index is 1.01. The van der Waals surface area contributed by atoms with Crippen LogP contribution in [0.25, 0.3) is 32.7 Å². The molecule has 3 nitrogen and oxygen atoms in total. The summed E-state index contributed by atoms with van der Waals surface area (Å²) in [6, 6.07) is 12.6. The zero-order valence-corrected chi connectivity index (χ0v) is 9.07. The molecular formula is C14H10N3+. The van der Waals surface area contributed by atoms with E-state index in [1.807, 2.05) is 12.3 Å². The van der Waals surface area contributed by atoms with Crippen LogP contribution in [0.4, 0.5) is 0 Å². The Hall–Kier alpha value is -2.42. The predicted octanol–water partition coefficient (Wildman–Crippen LogP) is 2.68. The SMILES string of the molecule is c1ccc2c(c1)[nH]c1c2ccc2c[nH+]cnc21. The lowest BCUT2D eigenvalue weighted by molar-refractivity contribution is -0.380. The van der Waals surface area contributed by atoms with Crippen molar-refractivity contribution in [2.45, 2.75) is 0 Å². The number of nitrogens with one attached hydrogen (secondary N) is 2. The molecule has 0 aliphatic rings. The largest absolute Gasteiger partial charge is 0.351 e. The van der Waals surface area contributed by atoms with E-state index in [1.54, 1.807) is 6.33 Å². The van der Waals surface area contributed by atoms with Crippen LogP contribution in [0, 0.1) is 0 Å². The summed E-state index contributed by atoms with van der Waals surface area (Å²) in [5.41, 5.74) is 3.28. The first-order chi connectivity index (χ1) is 8.43. The summed E-state index contributed by atoms with van der Waals surface area (Å²) in [6.07, 6.45) is 3.68. The zero-order valence-electron chi connectivity index (χ0n) is 9.07. The fraction of sp³-hybridized carbons (Fsp3) is 0. The quantitative estimate of drug-likeness (QED) is 0.486. The maximum Gasteiger partial charge on any atom is 0.284 e. The Bertz CT molecular complexity index is 846. The second-order valence-corrected chi connectivity index (χ2v) is 4.17. The van der Waals surface area contributed by atoms with Crippen LogP contribution in [-0.2, 0) is 0 Å². The summed E-state index contributed by atoms with van der Waals surface area (Å²) >= 11 is 0. The van der Waals surface area contributed by atoms with Crippen molar-refractivity contribution in [1.82, 2.24) is 9.97 Å². The van der Waals surface area contributed by atoms with E-state index in [1.165, 1.54) is 10.8 Å². The highest BCUT2D eigenvalue weighted by atomic mass is 14.8. The standard InChI is InChI=1S/C14H9N3/c1-2-4-12-10(3-1)11-6-5-9-7-15-8-16-13(9)14(11)17-12/h1-8,17H/p+1. The fourth-order valence-corrected chi connectivity index (χ4v) is 2.40. The second-order valence-electron chi connectivity index (χ2n) is 4.17. The lowest BCUT2D eigenvalue weighted by Gasteiger charge is -1.92. The molecule has 3 heteroatoms. The van der Waals surface area contributed by atoms with Gasteiger partial charge in [0.15, 0.2) is 0 Å². The number of H-pyrrole nitrogens is 2. The first kappa shape index (κ1) is 8.70. The van der Waals surface area contributed by atoms with E-state index in [9.17, 15) is 0 Å². The Morgan fingerprint density at radius 2 is 1.94 bits per heavy atom. The van der Waals surface area contributed by atoms with E-state index in [0.29, 0.717) is 0 Å². The minimum atomic E-state index is 1.01. The molecule has 2 aromatic heterocycles. The van der Waals surface area contributed by atoms with Crippen molar-refractivity contribution >= 4 is 32.7 Å². The van der Waals surface area contributed by atoms with Gasteiger partial charge in [0.1, 0.15) is 0 Å². The van der Waals surface area contributed by atoms with Gasteiger partial charge in [0, 0.05) is 16.3 Å². The first-order valence-electron chi connectivity index (χ1n) is 5.59. The maximum atomic E-state index is 4.42. The summed E-state index contributed by atoms with van der Waals surface area (Å²) in [5.74, 6) is 0. The van der Waals surface area contributed by atoms with Crippen LogP contribution in [-0.4, -0.2) is 9.97 Å². The Morgan fingerprint density at radius 1 is 1.00 bits per heavy atom. The summed E-state index contributed by atoms with van der Waals surface area (Å²) in [5, 5.41) is 3.59. The van der Waals surface area contributed by atoms with Gasteiger partial charge in [-0.2, -0.15) is 0 Å². The molecule has 4 rings (SSSR count). The molecule has 2 heterocycles. The monoisotopic (exact) mass is 220 g/mol. The Balaban J connectivity index is 2.34. The van der Waals surface area contributed by atoms with Crippen molar-refractivity contribution in [3.05, 3.63) is 48.9 Å². The van der Waals surface area contributed by atoms with Gasteiger partial charge >= 0.3 is 0 Å². The third-order valence-corrected chi connectivity index (χ3v) is 3.19. The Kier molecular flexibility index (Phi) is 1.56. The van der Waals surface area contributed by atoms with Crippen molar-refractivity contribution in [3.8, 4) is 0 Å². The lowest BCUT2D eigenvalue weighted by Crippen LogP contribution is -2.00. The molecule has 80 valence electrons. The van der Waals surface area contributed by atoms with Gasteiger partial charge in [-0.25, -0.2) is 4.98 Å². The van der Waals surface area contributed by atoms with Crippen LogP contribution in [0.2, 0.25) is 0 Å². The molecule has 4 aromatic rings. The molecule has 0 bridgehead atoms. The summed E-state index contributed by atoms with van der Waals surface area (Å²) in [6.45, 7) is 0. The van der Waals surface area contributed by atoms with Crippen molar-refractivity contribution < 1.29 is 4.98 Å². The highest BCUT2D eigenvalue weighted by molar-refractivity contribution is 6.15. The van der Waals surface area contributed by atoms with Gasteiger partial charge in [-0.15, -0.1) is 0 Å². The van der Waals surface area contributed by atoms with E-state index in [4.69, 9.17) is 0 Å². The molecule has 0 fully saturated rings. The molecule has 0 radical (unpaired) electrons. The topological polar surface area (TPSA) is 42.8 Å². The molecule has 0 saturated heterocycles. The number of benzene rings is 2. The van der Waals surface area contributed by atoms with E-state index in [2.05, 4.69) is 45.3 Å². The molecule has 17 heavy (non-hydrogen) atoms. The van der Waals surface area contributed by atoms with Crippen LogP contribution in [0.3, 0.4) is 0 Å². The van der Waals surface area contributed by atoms with Crippen molar-refractivity contribution in [2.75, 3.05) is 0 Å². The van der Waals surface area contributed by atoms with E-state index in [-0.39, 0.29) is 0 Å². The highest BCUT2D eigenvalue weighted by Gasteiger charge is 2.10. The average Bonchev–Trinajstić information content (AvgIpc) is 2.78. The fourth-order valence-electron chi connectivity index (χ4n) is 2.40.